The molecule has 0 radical (unpaired) electrons. The minimum Gasteiger partial charge on any atom is -0.343 e. The van der Waals surface area contributed by atoms with E-state index in [9.17, 15) is 24.0 Å². The van der Waals surface area contributed by atoms with Gasteiger partial charge in [-0.3, -0.25) is 19.2 Å². The topological polar surface area (TPSA) is 125 Å². The third-order valence-electron chi connectivity index (χ3n) is 6.38. The number of ketones is 1. The molecule has 2 aliphatic heterocycles. The van der Waals surface area contributed by atoms with Gasteiger partial charge in [0.2, 0.25) is 23.6 Å². The van der Waals surface area contributed by atoms with E-state index in [4.69, 9.17) is 0 Å². The number of carbonyl (C=O) groups excluding carboxylic acids is 5. The second-order valence-corrected chi connectivity index (χ2v) is 9.68. The molecular weight excluding hydrogens is 436 g/mol. The van der Waals surface area contributed by atoms with Crippen LogP contribution in [0.5, 0.6) is 0 Å². The van der Waals surface area contributed by atoms with Crippen molar-refractivity contribution in [3.05, 3.63) is 35.9 Å². The number of benzene rings is 1. The van der Waals surface area contributed by atoms with Gasteiger partial charge in [-0.25, -0.2) is 0 Å². The highest BCUT2D eigenvalue weighted by atomic mass is 16.2. The maximum absolute atomic E-state index is 13.5. The number of hydrogen-bond donors (Lipinski definition) is 3. The van der Waals surface area contributed by atoms with Crippen LogP contribution in [0.1, 0.15) is 58.4 Å². The molecule has 2 fully saturated rings. The fraction of sp³-hybridized carbons (Fsp3) is 0.560. The van der Waals surface area contributed by atoms with Gasteiger partial charge < -0.3 is 25.6 Å². The molecule has 2 aliphatic rings. The van der Waals surface area contributed by atoms with Crippen LogP contribution in [0.25, 0.3) is 0 Å². The van der Waals surface area contributed by atoms with Crippen LogP contribution in [0.4, 0.5) is 0 Å². The van der Waals surface area contributed by atoms with Crippen molar-refractivity contribution in [3.63, 3.8) is 0 Å². The maximum Gasteiger partial charge on any atom is 0.246 e. The Morgan fingerprint density at radius 3 is 2.41 bits per heavy atom. The van der Waals surface area contributed by atoms with Crippen LogP contribution in [0.15, 0.2) is 30.3 Å². The van der Waals surface area contributed by atoms with Crippen LogP contribution < -0.4 is 16.0 Å². The SMILES string of the molecule is CC(=O)CCC[C@@H]1NC(=O)[C@H]2CCCN2C(=O)[C@H](Cc2ccccc2)NC(=O)C(C)(C)NC1=O. The molecule has 0 aromatic heterocycles. The van der Waals surface area contributed by atoms with E-state index in [1.54, 1.807) is 13.8 Å². The molecule has 0 spiro atoms. The molecule has 0 saturated carbocycles. The highest BCUT2D eigenvalue weighted by Crippen LogP contribution is 2.21. The quantitative estimate of drug-likeness (QED) is 0.569. The Balaban J connectivity index is 1.90. The molecule has 0 bridgehead atoms. The van der Waals surface area contributed by atoms with Crippen molar-refractivity contribution >= 4 is 29.4 Å². The summed E-state index contributed by atoms with van der Waals surface area (Å²) >= 11 is 0. The summed E-state index contributed by atoms with van der Waals surface area (Å²) in [6.45, 7) is 5.00. The van der Waals surface area contributed by atoms with Crippen LogP contribution in [0, 0.1) is 0 Å². The summed E-state index contributed by atoms with van der Waals surface area (Å²) in [6.07, 6.45) is 2.38. The van der Waals surface area contributed by atoms with Crippen LogP contribution in [-0.2, 0) is 30.4 Å². The van der Waals surface area contributed by atoms with E-state index in [2.05, 4.69) is 16.0 Å². The summed E-state index contributed by atoms with van der Waals surface area (Å²) < 4.78 is 0. The van der Waals surface area contributed by atoms with Crippen LogP contribution in [0.3, 0.4) is 0 Å². The summed E-state index contributed by atoms with van der Waals surface area (Å²) in [4.78, 5) is 65.8. The zero-order valence-electron chi connectivity index (χ0n) is 20.1. The van der Waals surface area contributed by atoms with Crippen LogP contribution >= 0.6 is 0 Å². The molecule has 3 rings (SSSR count). The van der Waals surface area contributed by atoms with Gasteiger partial charge in [0.05, 0.1) is 0 Å². The lowest BCUT2D eigenvalue weighted by Crippen LogP contribution is -2.64. The lowest BCUT2D eigenvalue weighted by atomic mass is 9.98. The van der Waals surface area contributed by atoms with E-state index < -0.39 is 41.4 Å². The molecule has 9 heteroatoms. The van der Waals surface area contributed by atoms with E-state index in [1.165, 1.54) is 11.8 Å². The maximum atomic E-state index is 13.5. The first kappa shape index (κ1) is 25.4. The molecule has 4 amide bonds. The predicted octanol–water partition coefficient (Wildman–Crippen LogP) is 0.857. The minimum absolute atomic E-state index is 0.00313. The number of nitrogens with one attached hydrogen (secondary N) is 3. The van der Waals surface area contributed by atoms with E-state index in [-0.39, 0.29) is 24.5 Å². The van der Waals surface area contributed by atoms with Crippen molar-refractivity contribution in [2.75, 3.05) is 6.54 Å². The Morgan fingerprint density at radius 2 is 1.74 bits per heavy atom. The zero-order valence-corrected chi connectivity index (χ0v) is 20.1. The van der Waals surface area contributed by atoms with Crippen LogP contribution in [0.2, 0.25) is 0 Å². The standard InChI is InChI=1S/C25H34N4O5/c1-16(30)9-7-12-18-21(31)28-25(2,3)24(34)27-19(15-17-10-5-4-6-11-17)23(33)29-14-8-13-20(29)22(32)26-18/h4-6,10-11,18-20H,7-9,12-15H2,1-3H3,(H,26,32)(H,27,34)(H,28,31)/t18-,19-,20+/m0/s1. The number of fused-ring (bicyclic) bond motifs is 1. The Bertz CT molecular complexity index is 946. The van der Waals surface area contributed by atoms with Gasteiger partial charge in [-0.1, -0.05) is 30.3 Å². The van der Waals surface area contributed by atoms with Gasteiger partial charge in [0.1, 0.15) is 29.4 Å². The summed E-state index contributed by atoms with van der Waals surface area (Å²) in [7, 11) is 0. The highest BCUT2D eigenvalue weighted by molar-refractivity contribution is 5.99. The van der Waals surface area contributed by atoms with E-state index in [0.29, 0.717) is 32.2 Å². The third-order valence-corrected chi connectivity index (χ3v) is 6.38. The molecule has 0 aliphatic carbocycles. The Morgan fingerprint density at radius 1 is 1.03 bits per heavy atom. The van der Waals surface area contributed by atoms with Gasteiger partial charge >= 0.3 is 0 Å². The molecule has 2 heterocycles. The fourth-order valence-electron chi connectivity index (χ4n) is 4.44. The van der Waals surface area contributed by atoms with Crippen molar-refractivity contribution < 1.29 is 24.0 Å². The second kappa shape index (κ2) is 10.8. The number of nitrogens with zero attached hydrogens (tertiary/aromatic N) is 1. The molecule has 3 N–H and O–H groups in total. The number of hydrogen-bond acceptors (Lipinski definition) is 5. The smallest absolute Gasteiger partial charge is 0.246 e. The molecule has 1 aromatic rings. The Labute approximate surface area is 200 Å². The first-order valence-corrected chi connectivity index (χ1v) is 11.9. The normalized spacial score (nSPS) is 25.4. The molecular formula is C25H34N4O5. The van der Waals surface area contributed by atoms with Crippen molar-refractivity contribution in [2.24, 2.45) is 0 Å². The third kappa shape index (κ3) is 6.21. The lowest BCUT2D eigenvalue weighted by Gasteiger charge is -2.34. The van der Waals surface area contributed by atoms with Gasteiger partial charge in [-0.2, -0.15) is 0 Å². The molecule has 3 atom stereocenters. The number of carbonyl (C=O) groups is 5. The minimum atomic E-state index is -1.32. The lowest BCUT2D eigenvalue weighted by molar-refractivity contribution is -0.144. The molecule has 184 valence electrons. The molecule has 0 unspecified atom stereocenters. The van der Waals surface area contributed by atoms with Crippen molar-refractivity contribution in [1.82, 2.24) is 20.9 Å². The summed E-state index contributed by atoms with van der Waals surface area (Å²) in [6, 6.07) is 6.86. The number of amides is 4. The van der Waals surface area contributed by atoms with Crippen molar-refractivity contribution in [2.45, 2.75) is 83.0 Å². The Hall–Kier alpha value is -3.23. The van der Waals surface area contributed by atoms with E-state index in [0.717, 1.165) is 5.56 Å². The average molecular weight is 471 g/mol. The summed E-state index contributed by atoms with van der Waals surface area (Å²) in [5, 5.41) is 8.32. The fourth-order valence-corrected chi connectivity index (χ4v) is 4.44. The largest absolute Gasteiger partial charge is 0.343 e. The van der Waals surface area contributed by atoms with Gasteiger partial charge in [-0.15, -0.1) is 0 Å². The highest BCUT2D eigenvalue weighted by Gasteiger charge is 2.42. The molecule has 2 saturated heterocycles. The first-order chi connectivity index (χ1) is 16.1. The first-order valence-electron chi connectivity index (χ1n) is 11.9. The van der Waals surface area contributed by atoms with Gasteiger partial charge in [0.25, 0.3) is 0 Å². The van der Waals surface area contributed by atoms with Crippen molar-refractivity contribution in [1.29, 1.82) is 0 Å². The van der Waals surface area contributed by atoms with E-state index >= 15 is 0 Å². The second-order valence-electron chi connectivity index (χ2n) is 9.68. The molecule has 9 nitrogen and oxygen atoms in total. The summed E-state index contributed by atoms with van der Waals surface area (Å²) in [5.74, 6) is -1.69. The monoisotopic (exact) mass is 470 g/mol. The number of Topliss-reactive ketones (excluding diaryl/α,β-unsaturated/α-hetero) is 1. The van der Waals surface area contributed by atoms with Gasteiger partial charge in [0.15, 0.2) is 0 Å². The van der Waals surface area contributed by atoms with Gasteiger partial charge in [-0.05, 0) is 52.0 Å². The van der Waals surface area contributed by atoms with Crippen LogP contribution in [-0.4, -0.2) is 64.5 Å². The average Bonchev–Trinajstić information content (AvgIpc) is 3.27. The van der Waals surface area contributed by atoms with Gasteiger partial charge in [0, 0.05) is 19.4 Å². The molecule has 34 heavy (non-hydrogen) atoms. The molecule has 1 aromatic carbocycles. The number of rotatable bonds is 6. The predicted molar refractivity (Wildman–Crippen MR) is 125 cm³/mol. The van der Waals surface area contributed by atoms with Crippen molar-refractivity contribution in [3.8, 4) is 0 Å². The zero-order chi connectivity index (χ0) is 24.9. The summed E-state index contributed by atoms with van der Waals surface area (Å²) in [5.41, 5.74) is -0.444. The Kier molecular flexibility index (Phi) is 8.06. The van der Waals surface area contributed by atoms with E-state index in [1.807, 2.05) is 30.3 Å².